The van der Waals surface area contributed by atoms with Gasteiger partial charge in [0.25, 0.3) is 5.91 Å². The Morgan fingerprint density at radius 3 is 2.69 bits per heavy atom. The number of carbonyl (C=O) groups excluding carboxylic acids is 1. The van der Waals surface area contributed by atoms with Crippen LogP contribution < -0.4 is 16.2 Å². The number of benzene rings is 1. The van der Waals surface area contributed by atoms with Crippen LogP contribution in [0.15, 0.2) is 12.1 Å². The molecule has 1 fully saturated rings. The molecule has 5 nitrogen and oxygen atoms in total. The van der Waals surface area contributed by atoms with E-state index in [1.807, 2.05) is 0 Å². The predicted octanol–water partition coefficient (Wildman–Crippen LogP) is 0.284. The van der Waals surface area contributed by atoms with Gasteiger partial charge < -0.3 is 20.9 Å². The zero-order chi connectivity index (χ0) is 11.7. The fraction of sp³-hybridized carbons (Fsp3) is 0.300. The van der Waals surface area contributed by atoms with E-state index in [9.17, 15) is 9.18 Å². The van der Waals surface area contributed by atoms with Gasteiger partial charge in [0.05, 0.1) is 18.8 Å². The van der Waals surface area contributed by atoms with E-state index in [4.69, 9.17) is 20.9 Å². The van der Waals surface area contributed by atoms with Crippen molar-refractivity contribution in [2.75, 3.05) is 18.9 Å². The fourth-order valence-electron chi connectivity index (χ4n) is 1.33. The molecule has 86 valence electrons. The van der Waals surface area contributed by atoms with Gasteiger partial charge in [-0.25, -0.2) is 4.39 Å². The van der Waals surface area contributed by atoms with Crippen LogP contribution in [0, 0.1) is 5.82 Å². The van der Waals surface area contributed by atoms with Crippen LogP contribution in [0.4, 0.5) is 10.1 Å². The number of nitrogen functional groups attached to an aromatic ring is 1. The zero-order valence-corrected chi connectivity index (χ0v) is 8.40. The van der Waals surface area contributed by atoms with Crippen molar-refractivity contribution in [2.24, 2.45) is 5.73 Å². The molecule has 1 saturated heterocycles. The van der Waals surface area contributed by atoms with E-state index in [1.54, 1.807) is 0 Å². The molecule has 6 heteroatoms. The highest BCUT2D eigenvalue weighted by Crippen LogP contribution is 2.25. The number of primary amides is 1. The highest BCUT2D eigenvalue weighted by molar-refractivity contribution is 5.98. The van der Waals surface area contributed by atoms with Gasteiger partial charge in [0, 0.05) is 11.8 Å². The molecule has 1 amide bonds. The van der Waals surface area contributed by atoms with Crippen LogP contribution in [-0.4, -0.2) is 25.2 Å². The fourth-order valence-corrected chi connectivity index (χ4v) is 1.33. The lowest BCUT2D eigenvalue weighted by atomic mass is 10.1. The molecule has 1 aromatic carbocycles. The summed E-state index contributed by atoms with van der Waals surface area (Å²) in [5.41, 5.74) is 10.6. The first-order valence-corrected chi connectivity index (χ1v) is 4.71. The summed E-state index contributed by atoms with van der Waals surface area (Å²) < 4.78 is 23.6. The maximum absolute atomic E-state index is 13.4. The Labute approximate surface area is 91.1 Å². The second kappa shape index (κ2) is 3.97. The molecule has 0 aliphatic carbocycles. The Kier molecular flexibility index (Phi) is 2.66. The van der Waals surface area contributed by atoms with Crippen LogP contribution in [0.5, 0.6) is 5.75 Å². The quantitative estimate of drug-likeness (QED) is 0.725. The Morgan fingerprint density at radius 1 is 1.50 bits per heavy atom. The largest absolute Gasteiger partial charge is 0.482 e. The minimum absolute atomic E-state index is 0.00205. The lowest BCUT2D eigenvalue weighted by molar-refractivity contribution is -0.0808. The highest BCUT2D eigenvalue weighted by atomic mass is 19.1. The van der Waals surface area contributed by atoms with Crippen molar-refractivity contribution in [3.63, 3.8) is 0 Å². The molecular formula is C10H11FN2O3. The Hall–Kier alpha value is -1.82. The third kappa shape index (κ3) is 1.92. The highest BCUT2D eigenvalue weighted by Gasteiger charge is 2.22. The molecule has 0 unspecified atom stereocenters. The maximum atomic E-state index is 13.4. The van der Waals surface area contributed by atoms with Crippen LogP contribution in [0.25, 0.3) is 0 Å². The van der Waals surface area contributed by atoms with Crippen molar-refractivity contribution in [1.29, 1.82) is 0 Å². The molecule has 1 aliphatic heterocycles. The van der Waals surface area contributed by atoms with Crippen LogP contribution in [0.1, 0.15) is 10.4 Å². The maximum Gasteiger partial charge on any atom is 0.250 e. The standard InChI is InChI=1S/C10H11FN2O3/c11-7-2-8(12)6(10(13)14)1-9(7)16-5-3-15-4-5/h1-2,5H,3-4,12H2,(H2,13,14). The molecule has 0 radical (unpaired) electrons. The summed E-state index contributed by atoms with van der Waals surface area (Å²) in [5, 5.41) is 0. The van der Waals surface area contributed by atoms with Gasteiger partial charge in [0.15, 0.2) is 11.6 Å². The number of carbonyl (C=O) groups is 1. The Balaban J connectivity index is 2.28. The van der Waals surface area contributed by atoms with Crippen molar-refractivity contribution in [1.82, 2.24) is 0 Å². The first-order chi connectivity index (χ1) is 7.58. The monoisotopic (exact) mass is 226 g/mol. The van der Waals surface area contributed by atoms with E-state index < -0.39 is 11.7 Å². The normalized spacial score (nSPS) is 15.6. The van der Waals surface area contributed by atoms with Crippen LogP contribution in [-0.2, 0) is 4.74 Å². The van der Waals surface area contributed by atoms with Crippen molar-refractivity contribution in [3.05, 3.63) is 23.5 Å². The zero-order valence-electron chi connectivity index (χ0n) is 8.40. The van der Waals surface area contributed by atoms with Crippen molar-refractivity contribution in [2.45, 2.75) is 6.10 Å². The second-order valence-corrected chi connectivity index (χ2v) is 3.51. The molecule has 0 atom stereocenters. The van der Waals surface area contributed by atoms with E-state index in [-0.39, 0.29) is 23.1 Å². The molecule has 1 heterocycles. The van der Waals surface area contributed by atoms with Gasteiger partial charge in [-0.05, 0) is 6.07 Å². The summed E-state index contributed by atoms with van der Waals surface area (Å²) >= 11 is 0. The third-order valence-corrected chi connectivity index (χ3v) is 2.27. The second-order valence-electron chi connectivity index (χ2n) is 3.51. The molecular weight excluding hydrogens is 215 g/mol. The number of rotatable bonds is 3. The molecule has 16 heavy (non-hydrogen) atoms. The summed E-state index contributed by atoms with van der Waals surface area (Å²) in [5.74, 6) is -1.36. The van der Waals surface area contributed by atoms with Gasteiger partial charge in [-0.15, -0.1) is 0 Å². The molecule has 2 rings (SSSR count). The molecule has 0 saturated carbocycles. The van der Waals surface area contributed by atoms with Crippen molar-refractivity contribution in [3.8, 4) is 5.75 Å². The summed E-state index contributed by atoms with van der Waals surface area (Å²) in [6.07, 6.45) is -0.182. The van der Waals surface area contributed by atoms with Gasteiger partial charge in [-0.3, -0.25) is 4.79 Å². The molecule has 1 aromatic rings. The SMILES string of the molecule is NC(=O)c1cc(OC2COC2)c(F)cc1N. The minimum atomic E-state index is -0.716. The van der Waals surface area contributed by atoms with E-state index in [0.717, 1.165) is 6.07 Å². The molecule has 0 bridgehead atoms. The smallest absolute Gasteiger partial charge is 0.250 e. The summed E-state index contributed by atoms with van der Waals surface area (Å²) in [7, 11) is 0. The van der Waals surface area contributed by atoms with E-state index >= 15 is 0 Å². The Bertz CT molecular complexity index is 432. The predicted molar refractivity (Wildman–Crippen MR) is 54.6 cm³/mol. The Morgan fingerprint density at radius 2 is 2.19 bits per heavy atom. The van der Waals surface area contributed by atoms with Crippen molar-refractivity contribution < 1.29 is 18.7 Å². The number of halogens is 1. The summed E-state index contributed by atoms with van der Waals surface area (Å²) in [6.45, 7) is 0.825. The first kappa shape index (κ1) is 10.7. The number of anilines is 1. The van der Waals surface area contributed by atoms with Crippen LogP contribution in [0.3, 0.4) is 0 Å². The number of ether oxygens (including phenoxy) is 2. The molecule has 0 aromatic heterocycles. The first-order valence-electron chi connectivity index (χ1n) is 4.71. The van der Waals surface area contributed by atoms with Crippen molar-refractivity contribution >= 4 is 11.6 Å². The average molecular weight is 226 g/mol. The third-order valence-electron chi connectivity index (χ3n) is 2.27. The van der Waals surface area contributed by atoms with E-state index in [2.05, 4.69) is 0 Å². The lowest BCUT2D eigenvalue weighted by Crippen LogP contribution is -2.38. The van der Waals surface area contributed by atoms with Crippen LogP contribution in [0.2, 0.25) is 0 Å². The van der Waals surface area contributed by atoms with Gasteiger partial charge >= 0.3 is 0 Å². The van der Waals surface area contributed by atoms with Crippen LogP contribution >= 0.6 is 0 Å². The van der Waals surface area contributed by atoms with Gasteiger partial charge in [-0.2, -0.15) is 0 Å². The minimum Gasteiger partial charge on any atom is -0.482 e. The summed E-state index contributed by atoms with van der Waals surface area (Å²) in [4.78, 5) is 11.0. The molecule has 1 aliphatic rings. The lowest BCUT2D eigenvalue weighted by Gasteiger charge is -2.27. The molecule has 0 spiro atoms. The van der Waals surface area contributed by atoms with E-state index in [1.165, 1.54) is 6.07 Å². The number of amides is 1. The molecule has 4 N–H and O–H groups in total. The number of nitrogens with two attached hydrogens (primary N) is 2. The number of hydrogen-bond donors (Lipinski definition) is 2. The summed E-state index contributed by atoms with van der Waals surface area (Å²) in [6, 6.07) is 2.24. The van der Waals surface area contributed by atoms with E-state index in [0.29, 0.717) is 13.2 Å². The van der Waals surface area contributed by atoms with Gasteiger partial charge in [0.2, 0.25) is 0 Å². The van der Waals surface area contributed by atoms with Gasteiger partial charge in [0.1, 0.15) is 6.10 Å². The number of hydrogen-bond acceptors (Lipinski definition) is 4. The average Bonchev–Trinajstić information content (AvgIpc) is 2.13. The topological polar surface area (TPSA) is 87.6 Å². The van der Waals surface area contributed by atoms with Gasteiger partial charge in [-0.1, -0.05) is 0 Å².